The maximum atomic E-state index is 4.48. The van der Waals surface area contributed by atoms with Gasteiger partial charge in [-0.1, -0.05) is 0 Å². The standard InChI is InChI=1S/C13H16N2.HI/c1-8-5-10(3)14-12(8)7-13-9(2)6-11(4)15-13;/h5-7,14H,1-4H3;1H. The fraction of sp³-hybridized carbons (Fsp3) is 0.308. The molecule has 0 aliphatic carbocycles. The third-order valence-corrected chi connectivity index (χ3v) is 2.60. The minimum absolute atomic E-state index is 0. The first-order chi connectivity index (χ1) is 7.06. The van der Waals surface area contributed by atoms with Gasteiger partial charge < -0.3 is 4.98 Å². The van der Waals surface area contributed by atoms with Gasteiger partial charge in [0, 0.05) is 17.1 Å². The number of aliphatic imine (C=N–C) groups is 1. The Labute approximate surface area is 114 Å². The highest BCUT2D eigenvalue weighted by Gasteiger charge is 2.08. The molecule has 0 saturated heterocycles. The van der Waals surface area contributed by atoms with Crippen molar-refractivity contribution in [3.63, 3.8) is 0 Å². The molecule has 2 rings (SSSR count). The Bertz CT molecular complexity index is 490. The van der Waals surface area contributed by atoms with Crippen LogP contribution in [0.2, 0.25) is 0 Å². The molecule has 0 unspecified atom stereocenters. The van der Waals surface area contributed by atoms with Crippen LogP contribution >= 0.6 is 24.0 Å². The number of aryl methyl sites for hydroxylation is 2. The van der Waals surface area contributed by atoms with Crippen molar-refractivity contribution < 1.29 is 0 Å². The summed E-state index contributed by atoms with van der Waals surface area (Å²) in [6.45, 7) is 8.30. The highest BCUT2D eigenvalue weighted by molar-refractivity contribution is 14.0. The number of halogens is 1. The molecule has 1 aromatic heterocycles. The maximum absolute atomic E-state index is 4.48. The predicted octanol–water partition coefficient (Wildman–Crippen LogP) is 4.01. The number of nitrogens with one attached hydrogen (secondary N) is 1. The highest BCUT2D eigenvalue weighted by Crippen LogP contribution is 2.22. The van der Waals surface area contributed by atoms with Crippen LogP contribution in [0.4, 0.5) is 0 Å². The second-order valence-electron chi connectivity index (χ2n) is 4.16. The van der Waals surface area contributed by atoms with Gasteiger partial charge in [0.25, 0.3) is 0 Å². The molecule has 0 radical (unpaired) electrons. The normalized spacial score (nSPS) is 17.1. The quantitative estimate of drug-likeness (QED) is 0.755. The van der Waals surface area contributed by atoms with Crippen LogP contribution in [0.1, 0.15) is 30.8 Å². The number of rotatable bonds is 1. The number of hydrogen-bond donors (Lipinski definition) is 1. The summed E-state index contributed by atoms with van der Waals surface area (Å²) in [6, 6.07) is 2.15. The number of nitrogens with zero attached hydrogens (tertiary/aromatic N) is 1. The Kier molecular flexibility index (Phi) is 4.13. The molecule has 86 valence electrons. The molecule has 0 fully saturated rings. The van der Waals surface area contributed by atoms with Gasteiger partial charge in [0.2, 0.25) is 0 Å². The van der Waals surface area contributed by atoms with Gasteiger partial charge in [-0.05, 0) is 57.0 Å². The monoisotopic (exact) mass is 328 g/mol. The zero-order chi connectivity index (χ0) is 11.0. The lowest BCUT2D eigenvalue weighted by molar-refractivity contribution is 1.23. The van der Waals surface area contributed by atoms with Crippen LogP contribution in [0, 0.1) is 13.8 Å². The molecule has 3 heteroatoms. The number of allylic oxidation sites excluding steroid dienone is 2. The Hall–Kier alpha value is -0.840. The SMILES string of the molecule is CC1=CC(C)=NC1=Cc1[nH]c(C)cc1C.I. The van der Waals surface area contributed by atoms with E-state index in [1.165, 1.54) is 16.8 Å². The van der Waals surface area contributed by atoms with Crippen molar-refractivity contribution in [3.05, 3.63) is 40.4 Å². The molecule has 1 N–H and O–H groups in total. The molecule has 0 amide bonds. The molecule has 0 atom stereocenters. The number of aromatic nitrogens is 1. The van der Waals surface area contributed by atoms with Crippen molar-refractivity contribution in [2.45, 2.75) is 27.7 Å². The van der Waals surface area contributed by atoms with Gasteiger partial charge in [-0.3, -0.25) is 4.99 Å². The fourth-order valence-corrected chi connectivity index (χ4v) is 1.88. The van der Waals surface area contributed by atoms with E-state index >= 15 is 0 Å². The molecule has 0 aromatic carbocycles. The van der Waals surface area contributed by atoms with Gasteiger partial charge in [0.1, 0.15) is 0 Å². The highest BCUT2D eigenvalue weighted by atomic mass is 127. The van der Waals surface area contributed by atoms with Gasteiger partial charge >= 0.3 is 0 Å². The first-order valence-electron chi connectivity index (χ1n) is 5.18. The van der Waals surface area contributed by atoms with Gasteiger partial charge in [0.15, 0.2) is 0 Å². The lowest BCUT2D eigenvalue weighted by Crippen LogP contribution is -1.81. The van der Waals surface area contributed by atoms with E-state index in [-0.39, 0.29) is 24.0 Å². The third-order valence-electron chi connectivity index (χ3n) is 2.60. The van der Waals surface area contributed by atoms with Crippen molar-refractivity contribution in [3.8, 4) is 0 Å². The second kappa shape index (κ2) is 4.99. The maximum Gasteiger partial charge on any atom is 0.0683 e. The molecule has 0 saturated carbocycles. The number of hydrogen-bond acceptors (Lipinski definition) is 1. The van der Waals surface area contributed by atoms with Crippen molar-refractivity contribution in [2.75, 3.05) is 0 Å². The van der Waals surface area contributed by atoms with Gasteiger partial charge in [-0.2, -0.15) is 0 Å². The van der Waals surface area contributed by atoms with E-state index in [9.17, 15) is 0 Å². The Morgan fingerprint density at radius 3 is 2.31 bits per heavy atom. The van der Waals surface area contributed by atoms with Crippen molar-refractivity contribution in [1.29, 1.82) is 0 Å². The Balaban J connectivity index is 0.00000128. The van der Waals surface area contributed by atoms with Crippen LogP contribution < -0.4 is 0 Å². The smallest absolute Gasteiger partial charge is 0.0683 e. The summed E-state index contributed by atoms with van der Waals surface area (Å²) < 4.78 is 0. The second-order valence-corrected chi connectivity index (χ2v) is 4.16. The molecule has 0 spiro atoms. The predicted molar refractivity (Wildman–Crippen MR) is 80.5 cm³/mol. The van der Waals surface area contributed by atoms with E-state index in [0.29, 0.717) is 0 Å². The first kappa shape index (κ1) is 13.2. The zero-order valence-corrected chi connectivity index (χ0v) is 12.4. The van der Waals surface area contributed by atoms with E-state index in [4.69, 9.17) is 0 Å². The minimum Gasteiger partial charge on any atom is -0.359 e. The van der Waals surface area contributed by atoms with E-state index in [0.717, 1.165) is 17.1 Å². The van der Waals surface area contributed by atoms with Gasteiger partial charge in [-0.15, -0.1) is 24.0 Å². The third kappa shape index (κ3) is 2.64. The minimum atomic E-state index is 0. The number of H-pyrrole nitrogens is 1. The average molecular weight is 328 g/mol. The van der Waals surface area contributed by atoms with Gasteiger partial charge in [-0.25, -0.2) is 0 Å². The zero-order valence-electron chi connectivity index (χ0n) is 10.1. The molecule has 2 nitrogen and oxygen atoms in total. The summed E-state index contributed by atoms with van der Waals surface area (Å²) >= 11 is 0. The topological polar surface area (TPSA) is 28.1 Å². The summed E-state index contributed by atoms with van der Waals surface area (Å²) in [7, 11) is 0. The Morgan fingerprint density at radius 2 is 1.88 bits per heavy atom. The van der Waals surface area contributed by atoms with Crippen molar-refractivity contribution in [1.82, 2.24) is 4.98 Å². The van der Waals surface area contributed by atoms with Crippen molar-refractivity contribution >= 4 is 35.8 Å². The summed E-state index contributed by atoms with van der Waals surface area (Å²) in [5.41, 5.74) is 7.01. The molecule has 1 aliphatic heterocycles. The van der Waals surface area contributed by atoms with Crippen LogP contribution in [0.25, 0.3) is 6.08 Å². The van der Waals surface area contributed by atoms with Crippen LogP contribution in [0.15, 0.2) is 28.4 Å². The lowest BCUT2D eigenvalue weighted by atomic mass is 10.1. The van der Waals surface area contributed by atoms with Crippen molar-refractivity contribution in [2.24, 2.45) is 4.99 Å². The molecular formula is C13H17IN2. The number of aromatic amines is 1. The first-order valence-corrected chi connectivity index (χ1v) is 5.18. The molecule has 0 bridgehead atoms. The lowest BCUT2D eigenvalue weighted by Gasteiger charge is -1.96. The van der Waals surface area contributed by atoms with Crippen LogP contribution in [0.5, 0.6) is 0 Å². The van der Waals surface area contributed by atoms with Gasteiger partial charge in [0.05, 0.1) is 5.70 Å². The average Bonchev–Trinajstić information content (AvgIpc) is 2.58. The molecule has 1 aliphatic rings. The van der Waals surface area contributed by atoms with Crippen LogP contribution in [-0.2, 0) is 0 Å². The summed E-state index contributed by atoms with van der Waals surface area (Å²) in [4.78, 5) is 7.81. The molecular weight excluding hydrogens is 311 g/mol. The largest absolute Gasteiger partial charge is 0.359 e. The molecule has 16 heavy (non-hydrogen) atoms. The van der Waals surface area contributed by atoms with E-state index in [2.05, 4.69) is 49.0 Å². The van der Waals surface area contributed by atoms with Crippen LogP contribution in [-0.4, -0.2) is 10.7 Å². The Morgan fingerprint density at radius 1 is 1.19 bits per heavy atom. The fourth-order valence-electron chi connectivity index (χ4n) is 1.88. The summed E-state index contributed by atoms with van der Waals surface area (Å²) in [5, 5.41) is 0. The summed E-state index contributed by atoms with van der Waals surface area (Å²) in [6.07, 6.45) is 4.22. The van der Waals surface area contributed by atoms with E-state index < -0.39 is 0 Å². The van der Waals surface area contributed by atoms with E-state index in [1.54, 1.807) is 0 Å². The molecule has 2 heterocycles. The molecule has 1 aromatic rings. The van der Waals surface area contributed by atoms with Crippen LogP contribution in [0.3, 0.4) is 0 Å². The summed E-state index contributed by atoms with van der Waals surface area (Å²) in [5.74, 6) is 0. The van der Waals surface area contributed by atoms with E-state index in [1.807, 2.05) is 6.92 Å².